The predicted molar refractivity (Wildman–Crippen MR) is 112 cm³/mol. The molecule has 0 saturated carbocycles. The van der Waals surface area contributed by atoms with Crippen LogP contribution in [-0.4, -0.2) is 49.4 Å². The second-order valence-electron chi connectivity index (χ2n) is 6.55. The number of benzene rings is 1. The minimum Gasteiger partial charge on any atom is -0.344 e. The topological polar surface area (TPSA) is 87.7 Å². The quantitative estimate of drug-likeness (QED) is 0.534. The molecule has 7 nitrogen and oxygen atoms in total. The average molecular weight is 407 g/mol. The number of aromatic nitrogens is 4. The molecule has 148 valence electrons. The molecule has 2 heterocycles. The van der Waals surface area contributed by atoms with Crippen molar-refractivity contribution in [1.82, 2.24) is 24.6 Å². The van der Waals surface area contributed by atoms with Crippen LogP contribution < -0.4 is 0 Å². The van der Waals surface area contributed by atoms with Crippen molar-refractivity contribution in [1.29, 1.82) is 5.26 Å². The minimum atomic E-state index is -0.348. The normalized spacial score (nSPS) is 11.6. The number of hydrogen-bond acceptors (Lipinski definition) is 6. The third-order valence-corrected chi connectivity index (χ3v) is 5.45. The number of carbonyl (C=O) groups excluding carboxylic acids is 1. The first-order valence-electron chi connectivity index (χ1n) is 9.26. The van der Waals surface area contributed by atoms with Gasteiger partial charge in [0, 0.05) is 31.5 Å². The van der Waals surface area contributed by atoms with Crippen LogP contribution in [0.1, 0.15) is 18.9 Å². The highest BCUT2D eigenvalue weighted by molar-refractivity contribution is 8.00. The Hall–Kier alpha value is -3.18. The first-order chi connectivity index (χ1) is 14.1. The van der Waals surface area contributed by atoms with Crippen LogP contribution in [0.25, 0.3) is 11.4 Å². The van der Waals surface area contributed by atoms with Crippen LogP contribution in [0.15, 0.2) is 60.0 Å². The van der Waals surface area contributed by atoms with Gasteiger partial charge in [-0.05, 0) is 24.6 Å². The molecule has 29 heavy (non-hydrogen) atoms. The van der Waals surface area contributed by atoms with Gasteiger partial charge in [0.15, 0.2) is 11.0 Å². The molecule has 1 aromatic carbocycles. The second kappa shape index (κ2) is 9.85. The summed E-state index contributed by atoms with van der Waals surface area (Å²) in [6, 6.07) is 15.9. The molecule has 0 fully saturated rings. The maximum Gasteiger partial charge on any atom is 0.235 e. The Bertz CT molecular complexity index is 983. The van der Waals surface area contributed by atoms with E-state index in [4.69, 9.17) is 5.26 Å². The number of thioether (sulfide) groups is 1. The third-order valence-electron chi connectivity index (χ3n) is 4.39. The van der Waals surface area contributed by atoms with Gasteiger partial charge in [-0.25, -0.2) is 0 Å². The predicted octanol–water partition coefficient (Wildman–Crippen LogP) is 3.24. The highest BCUT2D eigenvalue weighted by Crippen LogP contribution is 2.28. The van der Waals surface area contributed by atoms with Gasteiger partial charge in [0.05, 0.1) is 24.3 Å². The van der Waals surface area contributed by atoms with E-state index in [9.17, 15) is 4.79 Å². The van der Waals surface area contributed by atoms with E-state index in [1.54, 1.807) is 24.3 Å². The SMILES string of the molecule is C[C@H](Sc1nnc(-c2cccnc2)n1Cc1ccccc1)C(=O)N(C)CCC#N. The van der Waals surface area contributed by atoms with Crippen LogP contribution in [0.2, 0.25) is 0 Å². The number of nitriles is 1. The monoisotopic (exact) mass is 406 g/mol. The van der Waals surface area contributed by atoms with Gasteiger partial charge >= 0.3 is 0 Å². The van der Waals surface area contributed by atoms with Gasteiger partial charge in [0.1, 0.15) is 0 Å². The van der Waals surface area contributed by atoms with Crippen molar-refractivity contribution in [2.24, 2.45) is 0 Å². The van der Waals surface area contributed by atoms with E-state index in [1.165, 1.54) is 11.8 Å². The van der Waals surface area contributed by atoms with Gasteiger partial charge in [-0.3, -0.25) is 14.3 Å². The molecule has 0 aliphatic carbocycles. The Morgan fingerprint density at radius 3 is 2.72 bits per heavy atom. The summed E-state index contributed by atoms with van der Waals surface area (Å²) < 4.78 is 2.01. The molecule has 0 unspecified atom stereocenters. The maximum atomic E-state index is 12.6. The first-order valence-corrected chi connectivity index (χ1v) is 10.1. The lowest BCUT2D eigenvalue weighted by Gasteiger charge is -2.20. The Morgan fingerprint density at radius 2 is 2.03 bits per heavy atom. The standard InChI is InChI=1S/C21H22N6OS/c1-16(20(28)26(2)13-7-11-22)29-21-25-24-19(18-10-6-12-23-14-18)27(21)15-17-8-4-3-5-9-17/h3-6,8-10,12,14,16H,7,13,15H2,1-2H3/t16-/m0/s1. The molecule has 0 N–H and O–H groups in total. The summed E-state index contributed by atoms with van der Waals surface area (Å²) in [4.78, 5) is 18.4. The summed E-state index contributed by atoms with van der Waals surface area (Å²) >= 11 is 1.37. The first kappa shape index (κ1) is 20.6. The zero-order valence-corrected chi connectivity index (χ0v) is 17.2. The summed E-state index contributed by atoms with van der Waals surface area (Å²) in [6.45, 7) is 2.85. The van der Waals surface area contributed by atoms with Gasteiger partial charge in [0.2, 0.25) is 5.91 Å². The molecule has 8 heteroatoms. The largest absolute Gasteiger partial charge is 0.344 e. The third kappa shape index (κ3) is 5.21. The van der Waals surface area contributed by atoms with Crippen molar-refractivity contribution < 1.29 is 4.79 Å². The van der Waals surface area contributed by atoms with Crippen molar-refractivity contribution in [2.75, 3.05) is 13.6 Å². The van der Waals surface area contributed by atoms with E-state index >= 15 is 0 Å². The van der Waals surface area contributed by atoms with Crippen LogP contribution >= 0.6 is 11.8 Å². The number of amides is 1. The average Bonchev–Trinajstić information content (AvgIpc) is 3.14. The highest BCUT2D eigenvalue weighted by Gasteiger charge is 2.23. The Kier molecular flexibility index (Phi) is 6.98. The molecule has 3 rings (SSSR count). The fraction of sp³-hybridized carbons (Fsp3) is 0.286. The smallest absolute Gasteiger partial charge is 0.235 e. The molecule has 1 amide bonds. The van der Waals surface area contributed by atoms with E-state index in [-0.39, 0.29) is 11.2 Å². The Labute approximate surface area is 174 Å². The molecule has 0 aliphatic heterocycles. The lowest BCUT2D eigenvalue weighted by atomic mass is 10.2. The second-order valence-corrected chi connectivity index (χ2v) is 7.86. The fourth-order valence-electron chi connectivity index (χ4n) is 2.84. The molecule has 1 atom stereocenters. The summed E-state index contributed by atoms with van der Waals surface area (Å²) in [5, 5.41) is 17.8. The van der Waals surface area contributed by atoms with Crippen molar-refractivity contribution in [2.45, 2.75) is 30.3 Å². The van der Waals surface area contributed by atoms with E-state index in [0.29, 0.717) is 30.5 Å². The van der Waals surface area contributed by atoms with Gasteiger partial charge in [-0.15, -0.1) is 10.2 Å². The molecule has 3 aromatic rings. The lowest BCUT2D eigenvalue weighted by Crippen LogP contribution is -2.34. The zero-order valence-electron chi connectivity index (χ0n) is 16.4. The Morgan fingerprint density at radius 1 is 1.24 bits per heavy atom. The van der Waals surface area contributed by atoms with Crippen molar-refractivity contribution in [3.8, 4) is 17.5 Å². The van der Waals surface area contributed by atoms with E-state index in [2.05, 4.69) is 21.3 Å². The van der Waals surface area contributed by atoms with Crippen LogP contribution in [0.5, 0.6) is 0 Å². The van der Waals surface area contributed by atoms with Crippen molar-refractivity contribution in [3.05, 3.63) is 60.4 Å². The van der Waals surface area contributed by atoms with E-state index in [1.807, 2.05) is 54.0 Å². The van der Waals surface area contributed by atoms with Crippen LogP contribution in [0.4, 0.5) is 0 Å². The molecule has 0 radical (unpaired) electrons. The molecule has 2 aromatic heterocycles. The van der Waals surface area contributed by atoms with E-state index < -0.39 is 0 Å². The van der Waals surface area contributed by atoms with Crippen LogP contribution in [0, 0.1) is 11.3 Å². The van der Waals surface area contributed by atoms with Gasteiger partial charge in [-0.1, -0.05) is 42.1 Å². The maximum absolute atomic E-state index is 12.6. The molecular weight excluding hydrogens is 384 g/mol. The number of hydrogen-bond donors (Lipinski definition) is 0. The number of rotatable bonds is 8. The molecule has 0 spiro atoms. The molecule has 0 bridgehead atoms. The minimum absolute atomic E-state index is 0.0394. The lowest BCUT2D eigenvalue weighted by molar-refractivity contribution is -0.128. The summed E-state index contributed by atoms with van der Waals surface area (Å²) in [5.41, 5.74) is 1.98. The molecular formula is C21H22N6OS. The van der Waals surface area contributed by atoms with E-state index in [0.717, 1.165) is 11.1 Å². The number of nitrogens with zero attached hydrogens (tertiary/aromatic N) is 6. The van der Waals surface area contributed by atoms with Crippen molar-refractivity contribution in [3.63, 3.8) is 0 Å². The van der Waals surface area contributed by atoms with Gasteiger partial charge in [-0.2, -0.15) is 5.26 Å². The highest BCUT2D eigenvalue weighted by atomic mass is 32.2. The van der Waals surface area contributed by atoms with Gasteiger partial charge < -0.3 is 4.90 Å². The fourth-order valence-corrected chi connectivity index (χ4v) is 3.80. The van der Waals surface area contributed by atoms with Gasteiger partial charge in [0.25, 0.3) is 0 Å². The van der Waals surface area contributed by atoms with Crippen LogP contribution in [-0.2, 0) is 11.3 Å². The van der Waals surface area contributed by atoms with Crippen LogP contribution in [0.3, 0.4) is 0 Å². The van der Waals surface area contributed by atoms with Crippen molar-refractivity contribution >= 4 is 17.7 Å². The number of pyridine rings is 1. The molecule has 0 aliphatic rings. The summed E-state index contributed by atoms with van der Waals surface area (Å²) in [7, 11) is 1.71. The zero-order chi connectivity index (χ0) is 20.6. The Balaban J connectivity index is 1.87. The summed E-state index contributed by atoms with van der Waals surface area (Å²) in [5.74, 6) is 0.671. The number of carbonyl (C=O) groups is 1. The summed E-state index contributed by atoms with van der Waals surface area (Å²) in [6.07, 6.45) is 3.79. The molecule has 0 saturated heterocycles.